The van der Waals surface area contributed by atoms with Crippen LogP contribution in [-0.4, -0.2) is 18.2 Å². The van der Waals surface area contributed by atoms with Gasteiger partial charge in [-0.2, -0.15) is 5.10 Å². The molecule has 0 aliphatic rings. The Kier molecular flexibility index (Phi) is 4.03. The molecule has 2 rings (SSSR count). The Bertz CT molecular complexity index is 717. The Labute approximate surface area is 122 Å². The molecule has 8 heteroatoms. The van der Waals surface area contributed by atoms with Crippen molar-refractivity contribution in [1.29, 1.82) is 0 Å². The minimum atomic E-state index is -3.66. The van der Waals surface area contributed by atoms with Gasteiger partial charge in [0.2, 0.25) is 10.0 Å². The predicted octanol–water partition coefficient (Wildman–Crippen LogP) is 1.44. The highest BCUT2D eigenvalue weighted by atomic mass is 35.5. The summed E-state index contributed by atoms with van der Waals surface area (Å²) in [6.07, 6.45) is 3.33. The Morgan fingerprint density at radius 2 is 2.15 bits per heavy atom. The van der Waals surface area contributed by atoms with Gasteiger partial charge in [-0.15, -0.1) is 0 Å². The highest BCUT2D eigenvalue weighted by Gasteiger charge is 2.16. The summed E-state index contributed by atoms with van der Waals surface area (Å²) in [6.45, 7) is 1.89. The lowest BCUT2D eigenvalue weighted by Crippen LogP contribution is -2.23. The quantitative estimate of drug-likeness (QED) is 0.836. The maximum atomic E-state index is 12.2. The lowest BCUT2D eigenvalue weighted by Gasteiger charge is -2.09. The molecular weight excluding hydrogens is 300 g/mol. The van der Waals surface area contributed by atoms with E-state index < -0.39 is 10.0 Å². The van der Waals surface area contributed by atoms with Crippen LogP contribution in [0.5, 0.6) is 0 Å². The van der Waals surface area contributed by atoms with Gasteiger partial charge in [0, 0.05) is 36.1 Å². The van der Waals surface area contributed by atoms with Gasteiger partial charge in [-0.3, -0.25) is 4.68 Å². The van der Waals surface area contributed by atoms with Gasteiger partial charge in [0.25, 0.3) is 0 Å². The summed E-state index contributed by atoms with van der Waals surface area (Å²) in [7, 11) is -1.90. The molecule has 0 aliphatic carbocycles. The molecule has 20 heavy (non-hydrogen) atoms. The maximum Gasteiger partial charge on any atom is 0.240 e. The number of sulfonamides is 1. The predicted molar refractivity (Wildman–Crippen MR) is 77.8 cm³/mol. The van der Waals surface area contributed by atoms with Crippen molar-refractivity contribution in [1.82, 2.24) is 14.5 Å². The topological polar surface area (TPSA) is 90.0 Å². The molecule has 0 radical (unpaired) electrons. The second-order valence-electron chi connectivity index (χ2n) is 4.47. The fourth-order valence-corrected chi connectivity index (χ4v) is 3.02. The highest BCUT2D eigenvalue weighted by molar-refractivity contribution is 7.89. The van der Waals surface area contributed by atoms with Gasteiger partial charge >= 0.3 is 0 Å². The summed E-state index contributed by atoms with van der Waals surface area (Å²) in [4.78, 5) is 0.0505. The molecule has 1 aromatic carbocycles. The molecule has 0 unspecified atom stereocenters. The van der Waals surface area contributed by atoms with Gasteiger partial charge < -0.3 is 5.73 Å². The highest BCUT2D eigenvalue weighted by Crippen LogP contribution is 2.25. The first-order chi connectivity index (χ1) is 9.29. The van der Waals surface area contributed by atoms with E-state index in [9.17, 15) is 8.42 Å². The molecule has 0 atom stereocenters. The van der Waals surface area contributed by atoms with Crippen molar-refractivity contribution in [2.45, 2.75) is 18.4 Å². The summed E-state index contributed by atoms with van der Waals surface area (Å²) >= 11 is 5.96. The lowest BCUT2D eigenvalue weighted by molar-refractivity contribution is 0.581. The number of nitrogens with one attached hydrogen (secondary N) is 1. The third kappa shape index (κ3) is 3.12. The van der Waals surface area contributed by atoms with E-state index in [0.717, 1.165) is 5.56 Å². The third-order valence-corrected chi connectivity index (χ3v) is 4.67. The summed E-state index contributed by atoms with van der Waals surface area (Å²) < 4.78 is 28.4. The molecule has 108 valence electrons. The van der Waals surface area contributed by atoms with E-state index in [-0.39, 0.29) is 11.4 Å². The smallest absolute Gasteiger partial charge is 0.240 e. The fraction of sp³-hybridized carbons (Fsp3) is 0.250. The van der Waals surface area contributed by atoms with Gasteiger partial charge in [-0.05, 0) is 24.6 Å². The van der Waals surface area contributed by atoms with E-state index in [1.165, 1.54) is 12.1 Å². The number of hydrogen-bond donors (Lipinski definition) is 2. The van der Waals surface area contributed by atoms with Crippen molar-refractivity contribution in [2.24, 2.45) is 7.05 Å². The minimum absolute atomic E-state index is 0.0505. The SMILES string of the molecule is Cc1c(N)cc(S(=O)(=O)NCc2cnn(C)c2)cc1Cl. The Hall–Kier alpha value is -1.57. The summed E-state index contributed by atoms with van der Waals surface area (Å²) in [5.41, 5.74) is 7.52. The van der Waals surface area contributed by atoms with Crippen LogP contribution in [0.1, 0.15) is 11.1 Å². The molecule has 0 spiro atoms. The molecule has 0 bridgehead atoms. The fourth-order valence-electron chi connectivity index (χ4n) is 1.65. The zero-order valence-corrected chi connectivity index (χ0v) is 12.7. The van der Waals surface area contributed by atoms with Gasteiger partial charge in [0.05, 0.1) is 11.1 Å². The molecule has 0 saturated carbocycles. The Balaban J connectivity index is 2.22. The van der Waals surface area contributed by atoms with Crippen molar-refractivity contribution in [3.05, 3.63) is 40.7 Å². The number of anilines is 1. The van der Waals surface area contributed by atoms with Crippen molar-refractivity contribution in [3.63, 3.8) is 0 Å². The van der Waals surface area contributed by atoms with Gasteiger partial charge in [0.1, 0.15) is 0 Å². The van der Waals surface area contributed by atoms with E-state index in [1.807, 2.05) is 0 Å². The number of aromatic nitrogens is 2. The zero-order valence-electron chi connectivity index (χ0n) is 11.1. The van der Waals surface area contributed by atoms with Crippen molar-refractivity contribution in [3.8, 4) is 0 Å². The minimum Gasteiger partial charge on any atom is -0.398 e. The molecular formula is C12H15ClN4O2S. The summed E-state index contributed by atoms with van der Waals surface area (Å²) in [5.74, 6) is 0. The molecule has 1 heterocycles. The number of rotatable bonds is 4. The van der Waals surface area contributed by atoms with Crippen LogP contribution in [0, 0.1) is 6.92 Å². The normalized spacial score (nSPS) is 11.8. The lowest BCUT2D eigenvalue weighted by atomic mass is 10.2. The molecule has 0 saturated heterocycles. The monoisotopic (exact) mass is 314 g/mol. The average molecular weight is 315 g/mol. The van der Waals surface area contributed by atoms with Crippen molar-refractivity contribution in [2.75, 3.05) is 5.73 Å². The number of benzene rings is 1. The number of nitrogens with zero attached hydrogens (tertiary/aromatic N) is 2. The molecule has 2 aromatic rings. The van der Waals surface area contributed by atoms with Crippen molar-refractivity contribution >= 4 is 27.3 Å². The first kappa shape index (κ1) is 14.8. The van der Waals surface area contributed by atoms with E-state index in [4.69, 9.17) is 17.3 Å². The van der Waals surface area contributed by atoms with E-state index >= 15 is 0 Å². The van der Waals surface area contributed by atoms with Crippen LogP contribution < -0.4 is 10.5 Å². The Morgan fingerprint density at radius 3 is 2.70 bits per heavy atom. The van der Waals surface area contributed by atoms with Crippen LogP contribution in [0.4, 0.5) is 5.69 Å². The number of aryl methyl sites for hydroxylation is 1. The van der Waals surface area contributed by atoms with E-state index in [1.54, 1.807) is 31.0 Å². The van der Waals surface area contributed by atoms with Gasteiger partial charge in [-0.25, -0.2) is 13.1 Å². The third-order valence-electron chi connectivity index (χ3n) is 2.89. The molecule has 1 aromatic heterocycles. The van der Waals surface area contributed by atoms with Gasteiger partial charge in [-0.1, -0.05) is 11.6 Å². The summed E-state index contributed by atoms with van der Waals surface area (Å²) in [6, 6.07) is 2.78. The number of halogens is 1. The molecule has 6 nitrogen and oxygen atoms in total. The molecule has 0 fully saturated rings. The molecule has 0 aliphatic heterocycles. The second kappa shape index (κ2) is 5.43. The van der Waals surface area contributed by atoms with Crippen LogP contribution in [-0.2, 0) is 23.6 Å². The van der Waals surface area contributed by atoms with E-state index in [0.29, 0.717) is 16.3 Å². The summed E-state index contributed by atoms with van der Waals surface area (Å²) in [5, 5.41) is 4.30. The Morgan fingerprint density at radius 1 is 1.45 bits per heavy atom. The second-order valence-corrected chi connectivity index (χ2v) is 6.64. The molecule has 3 N–H and O–H groups in total. The zero-order chi connectivity index (χ0) is 14.9. The van der Waals surface area contributed by atoms with Crippen LogP contribution in [0.15, 0.2) is 29.4 Å². The number of nitrogens with two attached hydrogens (primary N) is 1. The average Bonchev–Trinajstić information content (AvgIpc) is 2.79. The van der Waals surface area contributed by atoms with Gasteiger partial charge in [0.15, 0.2) is 0 Å². The number of nitrogen functional groups attached to an aromatic ring is 1. The first-order valence-electron chi connectivity index (χ1n) is 5.82. The first-order valence-corrected chi connectivity index (χ1v) is 7.68. The van der Waals surface area contributed by atoms with Crippen LogP contribution >= 0.6 is 11.6 Å². The van der Waals surface area contributed by atoms with Crippen LogP contribution in [0.25, 0.3) is 0 Å². The van der Waals surface area contributed by atoms with Crippen molar-refractivity contribution < 1.29 is 8.42 Å². The molecule has 0 amide bonds. The van der Waals surface area contributed by atoms with Crippen LogP contribution in [0.3, 0.4) is 0 Å². The van der Waals surface area contributed by atoms with Crippen LogP contribution in [0.2, 0.25) is 5.02 Å². The number of hydrogen-bond acceptors (Lipinski definition) is 4. The maximum absolute atomic E-state index is 12.2. The largest absolute Gasteiger partial charge is 0.398 e. The van der Waals surface area contributed by atoms with E-state index in [2.05, 4.69) is 9.82 Å². The standard InChI is InChI=1S/C12H15ClN4O2S/c1-8-11(13)3-10(4-12(8)14)20(18,19)16-6-9-5-15-17(2)7-9/h3-5,7,16H,6,14H2,1-2H3.